The van der Waals surface area contributed by atoms with E-state index in [2.05, 4.69) is 37.9 Å². The summed E-state index contributed by atoms with van der Waals surface area (Å²) in [5.74, 6) is -2.49. The molecule has 1 unspecified atom stereocenters. The van der Waals surface area contributed by atoms with E-state index in [0.717, 1.165) is 6.54 Å². The molecule has 0 aliphatic rings. The Balaban J connectivity index is 4.51. The zero-order chi connectivity index (χ0) is 16.1. The van der Waals surface area contributed by atoms with Crippen molar-refractivity contribution in [1.82, 2.24) is 10.2 Å². The van der Waals surface area contributed by atoms with E-state index in [9.17, 15) is 14.7 Å². The van der Waals surface area contributed by atoms with Crippen molar-refractivity contribution < 1.29 is 14.7 Å². The fourth-order valence-corrected chi connectivity index (χ4v) is 2.40. The van der Waals surface area contributed by atoms with E-state index in [1.807, 2.05) is 0 Å². The normalized spacial score (nSPS) is 13.9. The molecular formula is C15H30N2O3. The van der Waals surface area contributed by atoms with Crippen LogP contribution < -0.4 is 5.32 Å². The summed E-state index contributed by atoms with van der Waals surface area (Å²) >= 11 is 0. The van der Waals surface area contributed by atoms with Crippen molar-refractivity contribution in [3.63, 3.8) is 0 Å². The zero-order valence-corrected chi connectivity index (χ0v) is 13.9. The largest absolute Gasteiger partial charge is 0.481 e. The molecule has 0 aromatic rings. The van der Waals surface area contributed by atoms with Crippen LogP contribution >= 0.6 is 0 Å². The molecule has 1 atom stereocenters. The predicted octanol–water partition coefficient (Wildman–Crippen LogP) is 1.97. The number of nitrogens with one attached hydrogen (secondary N) is 1. The molecule has 0 fully saturated rings. The van der Waals surface area contributed by atoms with Crippen molar-refractivity contribution in [2.45, 2.75) is 60.5 Å². The van der Waals surface area contributed by atoms with Gasteiger partial charge in [-0.25, -0.2) is 0 Å². The Morgan fingerprint density at radius 3 is 1.85 bits per heavy atom. The molecule has 0 radical (unpaired) electrons. The van der Waals surface area contributed by atoms with Gasteiger partial charge in [-0.05, 0) is 33.1 Å². The third-order valence-electron chi connectivity index (χ3n) is 3.37. The van der Waals surface area contributed by atoms with Gasteiger partial charge in [-0.2, -0.15) is 0 Å². The maximum absolute atomic E-state index is 12.0. The highest BCUT2D eigenvalue weighted by Crippen LogP contribution is 2.26. The lowest BCUT2D eigenvalue weighted by Crippen LogP contribution is -2.47. The SMILES string of the molecule is CC(C)N(CCNC(=O)C(C(=O)O)C(C)(C)C)C(C)C. The smallest absolute Gasteiger partial charge is 0.316 e. The van der Waals surface area contributed by atoms with Gasteiger partial charge in [0.25, 0.3) is 0 Å². The number of amides is 1. The van der Waals surface area contributed by atoms with E-state index in [1.54, 1.807) is 20.8 Å². The molecule has 0 heterocycles. The minimum absolute atomic E-state index is 0.393. The highest BCUT2D eigenvalue weighted by molar-refractivity contribution is 5.97. The molecule has 0 aliphatic heterocycles. The quantitative estimate of drug-likeness (QED) is 0.702. The maximum atomic E-state index is 12.0. The van der Waals surface area contributed by atoms with E-state index < -0.39 is 23.2 Å². The van der Waals surface area contributed by atoms with Crippen LogP contribution in [0.1, 0.15) is 48.5 Å². The lowest BCUT2D eigenvalue weighted by atomic mass is 9.80. The van der Waals surface area contributed by atoms with Crippen LogP contribution in [0.5, 0.6) is 0 Å². The maximum Gasteiger partial charge on any atom is 0.316 e. The Bertz CT molecular complexity index is 325. The monoisotopic (exact) mass is 286 g/mol. The number of carbonyl (C=O) groups excluding carboxylic acids is 1. The molecule has 0 saturated heterocycles. The summed E-state index contributed by atoms with van der Waals surface area (Å²) in [4.78, 5) is 25.5. The lowest BCUT2D eigenvalue weighted by molar-refractivity contribution is -0.151. The summed E-state index contributed by atoms with van der Waals surface area (Å²) in [5, 5.41) is 11.9. The molecule has 1 amide bonds. The van der Waals surface area contributed by atoms with Crippen LogP contribution in [0.2, 0.25) is 0 Å². The molecular weight excluding hydrogens is 256 g/mol. The second-order valence-corrected chi connectivity index (χ2v) is 6.85. The average Bonchev–Trinajstić information content (AvgIpc) is 2.20. The summed E-state index contributed by atoms with van der Waals surface area (Å²) in [6, 6.07) is 0.787. The van der Waals surface area contributed by atoms with Gasteiger partial charge in [-0.15, -0.1) is 0 Å². The average molecular weight is 286 g/mol. The van der Waals surface area contributed by atoms with Gasteiger partial charge in [0.15, 0.2) is 0 Å². The molecule has 2 N–H and O–H groups in total. The first-order chi connectivity index (χ1) is 8.98. The van der Waals surface area contributed by atoms with Crippen molar-refractivity contribution in [3.05, 3.63) is 0 Å². The first-order valence-corrected chi connectivity index (χ1v) is 7.24. The number of hydrogen-bond acceptors (Lipinski definition) is 3. The Labute approximate surface area is 122 Å². The topological polar surface area (TPSA) is 69.6 Å². The molecule has 5 heteroatoms. The number of aliphatic carboxylic acids is 1. The van der Waals surface area contributed by atoms with Gasteiger partial charge in [0, 0.05) is 25.2 Å². The first-order valence-electron chi connectivity index (χ1n) is 7.24. The number of hydrogen-bond donors (Lipinski definition) is 2. The zero-order valence-electron chi connectivity index (χ0n) is 13.9. The Hall–Kier alpha value is -1.10. The van der Waals surface area contributed by atoms with Crippen molar-refractivity contribution in [2.24, 2.45) is 11.3 Å². The highest BCUT2D eigenvalue weighted by Gasteiger charge is 2.37. The second-order valence-electron chi connectivity index (χ2n) is 6.85. The molecule has 0 saturated carbocycles. The van der Waals surface area contributed by atoms with Gasteiger partial charge in [0.05, 0.1) is 0 Å². The number of carboxylic acids is 1. The summed E-state index contributed by atoms with van der Waals surface area (Å²) in [6.07, 6.45) is 0. The van der Waals surface area contributed by atoms with Crippen molar-refractivity contribution >= 4 is 11.9 Å². The van der Waals surface area contributed by atoms with Crippen molar-refractivity contribution in [3.8, 4) is 0 Å². The van der Waals surface area contributed by atoms with Crippen LogP contribution in [0.3, 0.4) is 0 Å². The van der Waals surface area contributed by atoms with Gasteiger partial charge < -0.3 is 10.4 Å². The third-order valence-corrected chi connectivity index (χ3v) is 3.37. The second kappa shape index (κ2) is 7.62. The van der Waals surface area contributed by atoms with Gasteiger partial charge in [0.1, 0.15) is 5.92 Å². The van der Waals surface area contributed by atoms with Crippen molar-refractivity contribution in [2.75, 3.05) is 13.1 Å². The molecule has 0 aromatic carbocycles. The van der Waals surface area contributed by atoms with Crippen LogP contribution in [-0.4, -0.2) is 47.1 Å². The molecule has 118 valence electrons. The van der Waals surface area contributed by atoms with E-state index in [0.29, 0.717) is 18.6 Å². The van der Waals surface area contributed by atoms with Gasteiger partial charge in [-0.3, -0.25) is 14.5 Å². The predicted molar refractivity (Wildman–Crippen MR) is 80.6 cm³/mol. The molecule has 5 nitrogen and oxygen atoms in total. The van der Waals surface area contributed by atoms with Crippen LogP contribution in [0, 0.1) is 11.3 Å². The Kier molecular flexibility index (Phi) is 7.20. The Morgan fingerprint density at radius 2 is 1.55 bits per heavy atom. The molecule has 20 heavy (non-hydrogen) atoms. The van der Waals surface area contributed by atoms with Gasteiger partial charge in [-0.1, -0.05) is 20.8 Å². The number of carboxylic acid groups (broad SMARTS) is 1. The highest BCUT2D eigenvalue weighted by atomic mass is 16.4. The van der Waals surface area contributed by atoms with Crippen LogP contribution in [0.4, 0.5) is 0 Å². The molecule has 0 spiro atoms. The summed E-state index contributed by atoms with van der Waals surface area (Å²) in [5.41, 5.74) is -0.592. The summed E-state index contributed by atoms with van der Waals surface area (Å²) < 4.78 is 0. The minimum atomic E-state index is -1.07. The van der Waals surface area contributed by atoms with E-state index in [-0.39, 0.29) is 0 Å². The fraction of sp³-hybridized carbons (Fsp3) is 0.867. The molecule has 0 bridgehead atoms. The number of rotatable bonds is 7. The van der Waals surface area contributed by atoms with Crippen molar-refractivity contribution in [1.29, 1.82) is 0 Å². The summed E-state index contributed by atoms with van der Waals surface area (Å²) in [6.45, 7) is 14.9. The fourth-order valence-electron chi connectivity index (χ4n) is 2.40. The van der Waals surface area contributed by atoms with Crippen LogP contribution in [-0.2, 0) is 9.59 Å². The minimum Gasteiger partial charge on any atom is -0.481 e. The number of carbonyl (C=O) groups is 2. The van der Waals surface area contributed by atoms with E-state index in [1.165, 1.54) is 0 Å². The lowest BCUT2D eigenvalue weighted by Gasteiger charge is -2.31. The number of nitrogens with zero attached hydrogens (tertiary/aromatic N) is 1. The van der Waals surface area contributed by atoms with E-state index in [4.69, 9.17) is 0 Å². The third kappa shape index (κ3) is 5.90. The molecule has 0 aliphatic carbocycles. The van der Waals surface area contributed by atoms with Crippen LogP contribution in [0.15, 0.2) is 0 Å². The standard InChI is InChI=1S/C15H30N2O3/c1-10(2)17(11(3)4)9-8-16-13(18)12(14(19)20)15(5,6)7/h10-12H,8-9H2,1-7H3,(H,16,18)(H,19,20). The van der Waals surface area contributed by atoms with E-state index >= 15 is 0 Å². The van der Waals surface area contributed by atoms with Gasteiger partial charge in [0.2, 0.25) is 5.91 Å². The molecule has 0 rings (SSSR count). The summed E-state index contributed by atoms with van der Waals surface area (Å²) in [7, 11) is 0. The molecule has 0 aromatic heterocycles. The van der Waals surface area contributed by atoms with Gasteiger partial charge >= 0.3 is 5.97 Å². The first kappa shape index (κ1) is 18.9. The Morgan fingerprint density at radius 1 is 1.10 bits per heavy atom. The van der Waals surface area contributed by atoms with Crippen LogP contribution in [0.25, 0.3) is 0 Å².